The van der Waals surface area contributed by atoms with Crippen molar-refractivity contribution >= 4 is 35.1 Å². The van der Waals surface area contributed by atoms with Crippen molar-refractivity contribution in [2.24, 2.45) is 4.99 Å². The van der Waals surface area contributed by atoms with Gasteiger partial charge in [-0.1, -0.05) is 41.7 Å². The molecule has 1 unspecified atom stereocenters. The van der Waals surface area contributed by atoms with Crippen LogP contribution in [-0.2, 0) is 9.53 Å². The lowest BCUT2D eigenvalue weighted by molar-refractivity contribution is -0.139. The van der Waals surface area contributed by atoms with Gasteiger partial charge in [0.1, 0.15) is 5.75 Å². The molecule has 0 saturated carbocycles. The van der Waals surface area contributed by atoms with Crippen molar-refractivity contribution < 1.29 is 14.6 Å². The van der Waals surface area contributed by atoms with Crippen molar-refractivity contribution in [1.29, 1.82) is 0 Å². The number of nitrogens with zero attached hydrogens (tertiary/aromatic N) is 2. The molecule has 0 amide bonds. The second-order valence-electron chi connectivity index (χ2n) is 7.13. The van der Waals surface area contributed by atoms with Crippen LogP contribution in [0.3, 0.4) is 0 Å². The molecule has 1 atom stereocenters. The van der Waals surface area contributed by atoms with E-state index in [0.717, 1.165) is 10.5 Å². The first-order chi connectivity index (χ1) is 15.4. The number of hydrogen-bond donors (Lipinski definition) is 1. The first-order valence-corrected chi connectivity index (χ1v) is 12.1. The summed E-state index contributed by atoms with van der Waals surface area (Å²) in [6.45, 7) is 3.73. The third-order valence-corrected chi connectivity index (χ3v) is 6.90. The van der Waals surface area contributed by atoms with E-state index in [1.165, 1.54) is 11.3 Å². The fourth-order valence-electron chi connectivity index (χ4n) is 3.64. The number of fused-ring (bicyclic) bond motifs is 1. The number of thiazole rings is 1. The van der Waals surface area contributed by atoms with Crippen LogP contribution in [0, 0.1) is 0 Å². The molecule has 1 aromatic heterocycles. The maximum Gasteiger partial charge on any atom is 0.338 e. The monoisotopic (exact) mass is 466 g/mol. The Labute approximate surface area is 193 Å². The maximum atomic E-state index is 13.5. The van der Waals surface area contributed by atoms with Crippen LogP contribution in [0.1, 0.15) is 31.0 Å². The van der Waals surface area contributed by atoms with Crippen molar-refractivity contribution in [2.75, 3.05) is 12.9 Å². The van der Waals surface area contributed by atoms with Gasteiger partial charge in [0.2, 0.25) is 0 Å². The molecule has 1 N–H and O–H groups in total. The summed E-state index contributed by atoms with van der Waals surface area (Å²) in [5, 5.41) is 10.1. The number of rotatable bonds is 5. The zero-order valence-corrected chi connectivity index (χ0v) is 19.5. The Kier molecular flexibility index (Phi) is 6.34. The lowest BCUT2D eigenvalue weighted by atomic mass is 9.96. The number of para-hydroxylation sites is 1. The molecule has 8 heteroatoms. The summed E-state index contributed by atoms with van der Waals surface area (Å²) < 4.78 is 7.28. The average Bonchev–Trinajstić information content (AvgIpc) is 3.09. The van der Waals surface area contributed by atoms with Crippen molar-refractivity contribution in [3.8, 4) is 5.75 Å². The summed E-state index contributed by atoms with van der Waals surface area (Å²) in [5.74, 6) is -0.395. The number of carbonyl (C=O) groups is 1. The standard InChI is InChI=1S/C24H22N2O4S2/c1-4-30-23(29)20-14(2)25-24-26(21(20)15-9-11-17(31-3)12-10-15)22(28)19(32-24)13-16-7-5-6-8-18(16)27/h5-13,21,27H,4H2,1-3H3/b19-13+. The molecule has 3 aromatic rings. The molecule has 2 heterocycles. The van der Waals surface area contributed by atoms with Gasteiger partial charge in [-0.25, -0.2) is 9.79 Å². The fraction of sp³-hybridized carbons (Fsp3) is 0.208. The Balaban J connectivity index is 1.96. The predicted molar refractivity (Wildman–Crippen MR) is 127 cm³/mol. The van der Waals surface area contributed by atoms with Crippen LogP contribution in [0.2, 0.25) is 0 Å². The first-order valence-electron chi connectivity index (χ1n) is 10.1. The number of hydrogen-bond acceptors (Lipinski definition) is 7. The van der Waals surface area contributed by atoms with E-state index in [4.69, 9.17) is 4.74 Å². The number of allylic oxidation sites excluding steroid dienone is 1. The minimum Gasteiger partial charge on any atom is -0.507 e. The number of aromatic hydroxyl groups is 1. The van der Waals surface area contributed by atoms with Crippen molar-refractivity contribution in [2.45, 2.75) is 24.8 Å². The summed E-state index contributed by atoms with van der Waals surface area (Å²) in [7, 11) is 0. The first kappa shape index (κ1) is 22.1. The maximum absolute atomic E-state index is 13.5. The van der Waals surface area contributed by atoms with Crippen LogP contribution in [0.25, 0.3) is 6.08 Å². The van der Waals surface area contributed by atoms with Gasteiger partial charge in [0.05, 0.1) is 28.5 Å². The van der Waals surface area contributed by atoms with E-state index in [0.29, 0.717) is 26.2 Å². The van der Waals surface area contributed by atoms with Crippen LogP contribution in [-0.4, -0.2) is 28.5 Å². The molecule has 0 radical (unpaired) electrons. The quantitative estimate of drug-likeness (QED) is 0.461. The molecular weight excluding hydrogens is 444 g/mol. The largest absolute Gasteiger partial charge is 0.507 e. The lowest BCUT2D eigenvalue weighted by Gasteiger charge is -2.24. The number of carbonyl (C=O) groups excluding carboxylic acids is 1. The molecule has 0 spiro atoms. The second-order valence-corrected chi connectivity index (χ2v) is 9.02. The SMILES string of the molecule is CCOC(=O)C1=C(C)N=c2s/c(=C/c3ccccc3O)c(=O)n2C1c1ccc(SC)cc1. The van der Waals surface area contributed by atoms with Crippen molar-refractivity contribution in [3.05, 3.63) is 90.6 Å². The highest BCUT2D eigenvalue weighted by molar-refractivity contribution is 7.98. The number of phenols is 1. The van der Waals surface area contributed by atoms with Gasteiger partial charge in [-0.3, -0.25) is 9.36 Å². The van der Waals surface area contributed by atoms with Crippen LogP contribution in [0.15, 0.2) is 74.5 Å². The van der Waals surface area contributed by atoms with Gasteiger partial charge in [-0.15, -0.1) is 11.8 Å². The van der Waals surface area contributed by atoms with Gasteiger partial charge < -0.3 is 9.84 Å². The van der Waals surface area contributed by atoms with Crippen LogP contribution in [0.4, 0.5) is 0 Å². The molecule has 0 bridgehead atoms. The van der Waals surface area contributed by atoms with Crippen molar-refractivity contribution in [1.82, 2.24) is 4.57 Å². The van der Waals surface area contributed by atoms with E-state index < -0.39 is 12.0 Å². The molecule has 0 aliphatic carbocycles. The van der Waals surface area contributed by atoms with E-state index in [2.05, 4.69) is 4.99 Å². The van der Waals surface area contributed by atoms with Gasteiger partial charge in [0.25, 0.3) is 5.56 Å². The highest BCUT2D eigenvalue weighted by atomic mass is 32.2. The molecule has 2 aromatic carbocycles. The molecule has 4 rings (SSSR count). The third kappa shape index (κ3) is 4.03. The molecule has 0 fully saturated rings. The van der Waals surface area contributed by atoms with Gasteiger partial charge in [0.15, 0.2) is 4.80 Å². The molecule has 1 aliphatic rings. The topological polar surface area (TPSA) is 80.9 Å². The number of aromatic nitrogens is 1. The van der Waals surface area contributed by atoms with E-state index in [9.17, 15) is 14.7 Å². The smallest absolute Gasteiger partial charge is 0.338 e. The molecular formula is C24H22N2O4S2. The minimum atomic E-state index is -0.646. The highest BCUT2D eigenvalue weighted by Crippen LogP contribution is 2.31. The molecule has 164 valence electrons. The summed E-state index contributed by atoms with van der Waals surface area (Å²) in [5.41, 5.74) is 1.95. The van der Waals surface area contributed by atoms with Gasteiger partial charge in [-0.2, -0.15) is 0 Å². The Morgan fingerprint density at radius 3 is 2.62 bits per heavy atom. The molecule has 6 nitrogen and oxygen atoms in total. The van der Waals surface area contributed by atoms with E-state index in [1.807, 2.05) is 30.5 Å². The Hall–Kier alpha value is -3.10. The molecule has 1 aliphatic heterocycles. The summed E-state index contributed by atoms with van der Waals surface area (Å²) in [4.78, 5) is 32.5. The summed E-state index contributed by atoms with van der Waals surface area (Å²) in [6, 6.07) is 14.0. The molecule has 32 heavy (non-hydrogen) atoms. The Morgan fingerprint density at radius 1 is 1.25 bits per heavy atom. The van der Waals surface area contributed by atoms with Crippen molar-refractivity contribution in [3.63, 3.8) is 0 Å². The van der Waals surface area contributed by atoms with E-state index in [1.54, 1.807) is 60.5 Å². The number of esters is 1. The zero-order chi connectivity index (χ0) is 22.8. The summed E-state index contributed by atoms with van der Waals surface area (Å²) >= 11 is 2.85. The normalized spacial score (nSPS) is 16.0. The van der Waals surface area contributed by atoms with Crippen LogP contribution in [0.5, 0.6) is 5.75 Å². The number of ether oxygens (including phenoxy) is 1. The van der Waals surface area contributed by atoms with Crippen LogP contribution < -0.4 is 14.9 Å². The minimum absolute atomic E-state index is 0.0888. The lowest BCUT2D eigenvalue weighted by Crippen LogP contribution is -2.39. The highest BCUT2D eigenvalue weighted by Gasteiger charge is 2.33. The average molecular weight is 467 g/mol. The van der Waals surface area contributed by atoms with Gasteiger partial charge in [-0.05, 0) is 49.9 Å². The Bertz CT molecular complexity index is 1380. The van der Waals surface area contributed by atoms with Gasteiger partial charge >= 0.3 is 5.97 Å². The second kappa shape index (κ2) is 9.18. The predicted octanol–water partition coefficient (Wildman–Crippen LogP) is 3.23. The van der Waals surface area contributed by atoms with E-state index >= 15 is 0 Å². The summed E-state index contributed by atoms with van der Waals surface area (Å²) in [6.07, 6.45) is 3.64. The zero-order valence-electron chi connectivity index (χ0n) is 17.9. The Morgan fingerprint density at radius 2 is 1.97 bits per heavy atom. The fourth-order valence-corrected chi connectivity index (χ4v) is 5.09. The molecule has 0 saturated heterocycles. The van der Waals surface area contributed by atoms with Gasteiger partial charge in [0, 0.05) is 10.5 Å². The third-order valence-electron chi connectivity index (χ3n) is 5.17. The number of phenolic OH excluding ortho intramolecular Hbond substituents is 1. The van der Waals surface area contributed by atoms with E-state index in [-0.39, 0.29) is 17.9 Å². The number of thioether (sulfide) groups is 1. The van der Waals surface area contributed by atoms with Crippen LogP contribution >= 0.6 is 23.1 Å². The number of benzene rings is 2.